The molecule has 1 saturated carbocycles. The standard InChI is InChI=1S/C35H39N3O4/c1-6-27-19-13-14-20-28(27)31(32(39)36-23-26-17-11-8-12-18-26)38(30-21-24(30)2)33(40)29(22-25-15-9-7-10-16-25)37-34(41)42-35(3,4)5/h1,7-20,24,29-31H,21-23H2,2-5H3,(H,36,39)(H,37,41). The number of nitrogens with zero attached hydrogens (tertiary/aromatic N) is 1. The molecule has 4 rings (SSSR count). The van der Waals surface area contributed by atoms with Crippen LogP contribution in [-0.2, 0) is 27.3 Å². The van der Waals surface area contributed by atoms with Crippen molar-refractivity contribution in [2.75, 3.05) is 0 Å². The van der Waals surface area contributed by atoms with Gasteiger partial charge >= 0.3 is 6.09 Å². The first-order chi connectivity index (χ1) is 20.1. The van der Waals surface area contributed by atoms with Gasteiger partial charge in [-0.25, -0.2) is 4.79 Å². The Hall–Kier alpha value is -4.57. The maximum absolute atomic E-state index is 14.6. The number of carbonyl (C=O) groups excluding carboxylic acids is 3. The highest BCUT2D eigenvalue weighted by molar-refractivity contribution is 5.93. The highest BCUT2D eigenvalue weighted by Gasteiger charge is 2.48. The largest absolute Gasteiger partial charge is 0.444 e. The highest BCUT2D eigenvalue weighted by atomic mass is 16.6. The van der Waals surface area contributed by atoms with Crippen molar-refractivity contribution in [1.82, 2.24) is 15.5 Å². The number of alkyl carbamates (subject to hydrolysis) is 1. The van der Waals surface area contributed by atoms with Crippen molar-refractivity contribution in [1.29, 1.82) is 0 Å². The Labute approximate surface area is 248 Å². The molecule has 4 atom stereocenters. The van der Waals surface area contributed by atoms with Crippen LogP contribution in [0.3, 0.4) is 0 Å². The summed E-state index contributed by atoms with van der Waals surface area (Å²) in [6, 6.07) is 24.1. The quantitative estimate of drug-likeness (QED) is 0.323. The highest BCUT2D eigenvalue weighted by Crippen LogP contribution is 2.41. The van der Waals surface area contributed by atoms with Crippen LogP contribution < -0.4 is 10.6 Å². The van der Waals surface area contributed by atoms with Gasteiger partial charge < -0.3 is 20.3 Å². The molecule has 7 nitrogen and oxygen atoms in total. The summed E-state index contributed by atoms with van der Waals surface area (Å²) in [5, 5.41) is 5.84. The van der Waals surface area contributed by atoms with Gasteiger partial charge in [0.25, 0.3) is 0 Å². The number of ether oxygens (including phenoxy) is 1. The summed E-state index contributed by atoms with van der Waals surface area (Å²) in [6.07, 6.45) is 6.14. The first-order valence-electron chi connectivity index (χ1n) is 14.3. The fourth-order valence-electron chi connectivity index (χ4n) is 5.02. The molecule has 0 saturated heterocycles. The van der Waals surface area contributed by atoms with Gasteiger partial charge in [-0.3, -0.25) is 9.59 Å². The molecule has 2 N–H and O–H groups in total. The maximum atomic E-state index is 14.6. The van der Waals surface area contributed by atoms with Crippen molar-refractivity contribution in [3.8, 4) is 12.3 Å². The lowest BCUT2D eigenvalue weighted by atomic mass is 9.96. The van der Waals surface area contributed by atoms with Gasteiger partial charge in [-0.05, 0) is 55.9 Å². The molecule has 3 aromatic rings. The predicted octanol–water partition coefficient (Wildman–Crippen LogP) is 5.40. The number of carbonyl (C=O) groups is 3. The number of benzene rings is 3. The van der Waals surface area contributed by atoms with E-state index in [4.69, 9.17) is 11.2 Å². The third-order valence-corrected chi connectivity index (χ3v) is 7.20. The van der Waals surface area contributed by atoms with Gasteiger partial charge in [0.05, 0.1) is 0 Å². The van der Waals surface area contributed by atoms with E-state index in [9.17, 15) is 14.4 Å². The van der Waals surface area contributed by atoms with Crippen molar-refractivity contribution in [3.63, 3.8) is 0 Å². The van der Waals surface area contributed by atoms with Gasteiger partial charge in [0.2, 0.25) is 11.8 Å². The minimum absolute atomic E-state index is 0.176. The Morgan fingerprint density at radius 3 is 2.10 bits per heavy atom. The van der Waals surface area contributed by atoms with Gasteiger partial charge in [0.1, 0.15) is 17.7 Å². The molecule has 0 aliphatic heterocycles. The van der Waals surface area contributed by atoms with Crippen LogP contribution in [0, 0.1) is 18.3 Å². The predicted molar refractivity (Wildman–Crippen MR) is 163 cm³/mol. The van der Waals surface area contributed by atoms with Crippen molar-refractivity contribution in [3.05, 3.63) is 107 Å². The molecule has 0 heterocycles. The zero-order valence-corrected chi connectivity index (χ0v) is 24.7. The molecule has 4 unspecified atom stereocenters. The summed E-state index contributed by atoms with van der Waals surface area (Å²) in [7, 11) is 0. The van der Waals surface area contributed by atoms with Crippen molar-refractivity contribution < 1.29 is 19.1 Å². The van der Waals surface area contributed by atoms with E-state index in [-0.39, 0.29) is 30.2 Å². The second-order valence-electron chi connectivity index (χ2n) is 11.8. The first kappa shape index (κ1) is 30.4. The average Bonchev–Trinajstić information content (AvgIpc) is 3.69. The van der Waals surface area contributed by atoms with Crippen molar-refractivity contribution in [2.24, 2.45) is 5.92 Å². The van der Waals surface area contributed by atoms with Crippen LogP contribution in [0.4, 0.5) is 4.79 Å². The summed E-state index contributed by atoms with van der Waals surface area (Å²) in [4.78, 5) is 43.3. The van der Waals surface area contributed by atoms with Crippen molar-refractivity contribution in [2.45, 2.75) is 70.8 Å². The fourth-order valence-corrected chi connectivity index (χ4v) is 5.02. The van der Waals surface area contributed by atoms with Crippen LogP contribution in [0.1, 0.15) is 62.4 Å². The van der Waals surface area contributed by atoms with E-state index in [0.717, 1.165) is 17.5 Å². The molecular formula is C35H39N3O4. The Morgan fingerprint density at radius 2 is 1.52 bits per heavy atom. The molecule has 1 fully saturated rings. The normalized spacial score (nSPS) is 17.2. The number of amides is 3. The van der Waals surface area contributed by atoms with Crippen molar-refractivity contribution >= 4 is 17.9 Å². The number of hydrogen-bond donors (Lipinski definition) is 2. The summed E-state index contributed by atoms with van der Waals surface area (Å²) in [6.45, 7) is 7.64. The Bertz CT molecular complexity index is 1430. The lowest BCUT2D eigenvalue weighted by Gasteiger charge is -2.35. The molecule has 7 heteroatoms. The van der Waals surface area contributed by atoms with Crippen LogP contribution in [0.2, 0.25) is 0 Å². The Kier molecular flexibility index (Phi) is 9.69. The van der Waals surface area contributed by atoms with Crippen LogP contribution >= 0.6 is 0 Å². The molecule has 3 amide bonds. The topological polar surface area (TPSA) is 87.7 Å². The van der Waals surface area contributed by atoms with Crippen LogP contribution in [0.5, 0.6) is 0 Å². The van der Waals surface area contributed by atoms with Crippen LogP contribution in [0.15, 0.2) is 84.9 Å². The molecule has 1 aliphatic carbocycles. The second kappa shape index (κ2) is 13.4. The Morgan fingerprint density at radius 1 is 0.952 bits per heavy atom. The third kappa shape index (κ3) is 8.01. The zero-order chi connectivity index (χ0) is 30.3. The average molecular weight is 566 g/mol. The molecule has 0 aromatic heterocycles. The summed E-state index contributed by atoms with van der Waals surface area (Å²) in [5.41, 5.74) is 2.14. The van der Waals surface area contributed by atoms with Gasteiger partial charge in [-0.2, -0.15) is 0 Å². The molecule has 218 valence electrons. The van der Waals surface area contributed by atoms with E-state index in [0.29, 0.717) is 17.7 Å². The SMILES string of the molecule is C#Cc1ccccc1C(C(=O)NCc1ccccc1)N(C(=O)C(Cc1ccccc1)NC(=O)OC(C)(C)C)C1CC1C. The molecule has 3 aromatic carbocycles. The van der Waals surface area contributed by atoms with E-state index in [1.54, 1.807) is 37.8 Å². The fraction of sp³-hybridized carbons (Fsp3) is 0.343. The number of rotatable bonds is 10. The lowest BCUT2D eigenvalue weighted by Crippen LogP contribution is -2.54. The number of hydrogen-bond acceptors (Lipinski definition) is 4. The monoisotopic (exact) mass is 565 g/mol. The number of terminal acetylenes is 1. The first-order valence-corrected chi connectivity index (χ1v) is 14.3. The molecule has 0 spiro atoms. The smallest absolute Gasteiger partial charge is 0.408 e. The van der Waals surface area contributed by atoms with Crippen LogP contribution in [0.25, 0.3) is 0 Å². The molecule has 1 aliphatic rings. The lowest BCUT2D eigenvalue weighted by molar-refractivity contribution is -0.143. The molecule has 0 radical (unpaired) electrons. The number of nitrogens with one attached hydrogen (secondary N) is 2. The van der Waals surface area contributed by atoms with Gasteiger partial charge in [-0.15, -0.1) is 6.42 Å². The third-order valence-electron chi connectivity index (χ3n) is 7.20. The second-order valence-corrected chi connectivity index (χ2v) is 11.8. The molecular weight excluding hydrogens is 526 g/mol. The van der Waals surface area contributed by atoms with E-state index in [1.165, 1.54) is 0 Å². The van der Waals surface area contributed by atoms with E-state index >= 15 is 0 Å². The van der Waals surface area contributed by atoms with E-state index in [2.05, 4.69) is 16.6 Å². The molecule has 0 bridgehead atoms. The maximum Gasteiger partial charge on any atom is 0.408 e. The summed E-state index contributed by atoms with van der Waals surface area (Å²) < 4.78 is 5.52. The zero-order valence-electron chi connectivity index (χ0n) is 24.7. The minimum atomic E-state index is -0.998. The summed E-state index contributed by atoms with van der Waals surface area (Å²) >= 11 is 0. The van der Waals surface area contributed by atoms with E-state index < -0.39 is 23.8 Å². The molecule has 42 heavy (non-hydrogen) atoms. The minimum Gasteiger partial charge on any atom is -0.444 e. The van der Waals surface area contributed by atoms with Crippen LogP contribution in [-0.4, -0.2) is 40.5 Å². The van der Waals surface area contributed by atoms with Gasteiger partial charge in [0.15, 0.2) is 0 Å². The van der Waals surface area contributed by atoms with E-state index in [1.807, 2.05) is 79.7 Å². The summed E-state index contributed by atoms with van der Waals surface area (Å²) in [5.74, 6) is 2.15. The van der Waals surface area contributed by atoms with Gasteiger partial charge in [0, 0.05) is 24.6 Å². The van der Waals surface area contributed by atoms with Gasteiger partial charge in [-0.1, -0.05) is 91.7 Å². The Balaban J connectivity index is 1.74.